The molecular formula is C28H31N3O6. The van der Waals surface area contributed by atoms with E-state index in [4.69, 9.17) is 18.6 Å². The van der Waals surface area contributed by atoms with Crippen molar-refractivity contribution in [1.82, 2.24) is 9.80 Å². The Bertz CT molecular complexity index is 1220. The summed E-state index contributed by atoms with van der Waals surface area (Å²) in [5.74, 6) is 2.58. The van der Waals surface area contributed by atoms with Crippen LogP contribution in [0, 0.1) is 6.92 Å². The van der Waals surface area contributed by atoms with Crippen LogP contribution in [0.15, 0.2) is 65.1 Å². The number of amides is 3. The van der Waals surface area contributed by atoms with Crippen molar-refractivity contribution in [3.05, 3.63) is 77.7 Å². The van der Waals surface area contributed by atoms with Gasteiger partial charge >= 0.3 is 6.03 Å². The number of aryl methyl sites for hydroxylation is 1. The number of nitrogens with one attached hydrogen (secondary N) is 1. The van der Waals surface area contributed by atoms with E-state index in [0.717, 1.165) is 24.2 Å². The fourth-order valence-electron chi connectivity index (χ4n) is 4.49. The smallest absolute Gasteiger partial charge is 0.322 e. The first-order valence-corrected chi connectivity index (χ1v) is 12.5. The highest BCUT2D eigenvalue weighted by molar-refractivity contribution is 5.92. The zero-order chi connectivity index (χ0) is 25.6. The number of nitrogens with zero attached hydrogens (tertiary/aromatic N) is 2. The van der Waals surface area contributed by atoms with Gasteiger partial charge in [0.25, 0.3) is 0 Å². The van der Waals surface area contributed by atoms with Gasteiger partial charge in [0.2, 0.25) is 12.7 Å². The highest BCUT2D eigenvalue weighted by Crippen LogP contribution is 2.33. The van der Waals surface area contributed by atoms with E-state index < -0.39 is 0 Å². The predicted molar refractivity (Wildman–Crippen MR) is 136 cm³/mol. The summed E-state index contributed by atoms with van der Waals surface area (Å²) in [6, 6.07) is 18.2. The van der Waals surface area contributed by atoms with Gasteiger partial charge in [-0.25, -0.2) is 4.79 Å². The highest BCUT2D eigenvalue weighted by atomic mass is 16.7. The average Bonchev–Trinajstić information content (AvgIpc) is 3.66. The van der Waals surface area contributed by atoms with Gasteiger partial charge in [-0.1, -0.05) is 24.3 Å². The molecule has 9 heteroatoms. The summed E-state index contributed by atoms with van der Waals surface area (Å²) in [5.41, 5.74) is 1.56. The summed E-state index contributed by atoms with van der Waals surface area (Å²) in [7, 11) is 0. The van der Waals surface area contributed by atoms with Crippen LogP contribution in [-0.4, -0.2) is 54.3 Å². The van der Waals surface area contributed by atoms with Crippen molar-refractivity contribution in [3.8, 4) is 11.5 Å². The summed E-state index contributed by atoms with van der Waals surface area (Å²) in [6.45, 7) is 3.55. The zero-order valence-corrected chi connectivity index (χ0v) is 20.9. The van der Waals surface area contributed by atoms with E-state index in [9.17, 15) is 9.59 Å². The Morgan fingerprint density at radius 3 is 2.57 bits per heavy atom. The summed E-state index contributed by atoms with van der Waals surface area (Å²) < 4.78 is 22.5. The molecule has 0 radical (unpaired) electrons. The molecule has 2 aliphatic heterocycles. The number of rotatable bonds is 9. The Morgan fingerprint density at radius 1 is 0.973 bits per heavy atom. The Morgan fingerprint density at radius 2 is 1.81 bits per heavy atom. The summed E-state index contributed by atoms with van der Waals surface area (Å²) in [6.07, 6.45) is 1.71. The molecule has 0 aliphatic carbocycles. The molecule has 37 heavy (non-hydrogen) atoms. The lowest BCUT2D eigenvalue weighted by molar-refractivity contribution is -0.133. The summed E-state index contributed by atoms with van der Waals surface area (Å²) in [4.78, 5) is 30.2. The minimum atomic E-state index is -0.341. The number of hydrogen-bond donors (Lipinski definition) is 1. The second kappa shape index (κ2) is 11.4. The molecule has 0 saturated carbocycles. The van der Waals surface area contributed by atoms with Crippen LogP contribution < -0.4 is 14.8 Å². The van der Waals surface area contributed by atoms with Crippen molar-refractivity contribution in [2.75, 3.05) is 31.8 Å². The lowest BCUT2D eigenvalue weighted by Crippen LogP contribution is -2.46. The lowest BCUT2D eigenvalue weighted by Gasteiger charge is -2.29. The van der Waals surface area contributed by atoms with Gasteiger partial charge in [-0.3, -0.25) is 4.79 Å². The van der Waals surface area contributed by atoms with Crippen LogP contribution in [0.25, 0.3) is 0 Å². The number of anilines is 1. The first-order valence-electron chi connectivity index (χ1n) is 12.5. The fraction of sp³-hybridized carbons (Fsp3) is 0.357. The predicted octanol–water partition coefficient (Wildman–Crippen LogP) is 4.56. The molecule has 1 N–H and O–H groups in total. The molecule has 1 aromatic heterocycles. The van der Waals surface area contributed by atoms with E-state index in [-0.39, 0.29) is 37.9 Å². The van der Waals surface area contributed by atoms with E-state index >= 15 is 0 Å². The first kappa shape index (κ1) is 24.7. The fourth-order valence-corrected chi connectivity index (χ4v) is 4.49. The zero-order valence-electron chi connectivity index (χ0n) is 20.9. The van der Waals surface area contributed by atoms with E-state index in [1.807, 2.05) is 67.6 Å². The number of carbonyl (C=O) groups excluding carboxylic acids is 2. The maximum absolute atomic E-state index is 13.7. The third kappa shape index (κ3) is 6.42. The van der Waals surface area contributed by atoms with Gasteiger partial charge in [-0.05, 0) is 61.7 Å². The average molecular weight is 506 g/mol. The second-order valence-corrected chi connectivity index (χ2v) is 9.26. The monoisotopic (exact) mass is 505 g/mol. The third-order valence-corrected chi connectivity index (χ3v) is 6.39. The van der Waals surface area contributed by atoms with Gasteiger partial charge in [0.15, 0.2) is 11.5 Å². The third-order valence-electron chi connectivity index (χ3n) is 6.39. The standard InChI is InChI=1S/C28H31N3O6/c1-20-9-11-24(37-20)17-30(15-21-10-12-25-26(14-21)36-19-35-25)27(32)18-31(16-23-8-5-13-34-23)28(33)29-22-6-3-2-4-7-22/h2-4,6-7,9-12,14,23H,5,8,13,15-19H2,1H3,(H,29,33). The van der Waals surface area contributed by atoms with E-state index in [1.165, 1.54) is 4.90 Å². The molecule has 3 aromatic rings. The summed E-state index contributed by atoms with van der Waals surface area (Å²) in [5, 5.41) is 2.90. The van der Waals surface area contributed by atoms with E-state index in [1.54, 1.807) is 4.90 Å². The molecular weight excluding hydrogens is 474 g/mol. The number of hydrogen-bond acceptors (Lipinski definition) is 6. The number of carbonyl (C=O) groups is 2. The summed E-state index contributed by atoms with van der Waals surface area (Å²) >= 11 is 0. The molecule has 1 saturated heterocycles. The van der Waals surface area contributed by atoms with Crippen LogP contribution in [0.2, 0.25) is 0 Å². The van der Waals surface area contributed by atoms with Gasteiger partial charge in [0.1, 0.15) is 18.1 Å². The molecule has 1 fully saturated rings. The minimum absolute atomic E-state index is 0.0932. The highest BCUT2D eigenvalue weighted by Gasteiger charge is 2.27. The number of ether oxygens (including phenoxy) is 3. The molecule has 0 bridgehead atoms. The maximum atomic E-state index is 13.7. The number of urea groups is 1. The van der Waals surface area contributed by atoms with Crippen LogP contribution >= 0.6 is 0 Å². The Balaban J connectivity index is 1.34. The number of para-hydroxylation sites is 1. The lowest BCUT2D eigenvalue weighted by atomic mass is 10.1. The number of furan rings is 1. The first-order chi connectivity index (χ1) is 18.0. The van der Waals surface area contributed by atoms with Crippen LogP contribution in [0.3, 0.4) is 0 Å². The van der Waals surface area contributed by atoms with Gasteiger partial charge < -0.3 is 33.7 Å². The van der Waals surface area contributed by atoms with E-state index in [2.05, 4.69) is 5.32 Å². The minimum Gasteiger partial charge on any atom is -0.464 e. The SMILES string of the molecule is Cc1ccc(CN(Cc2ccc3c(c2)OCO3)C(=O)CN(CC2CCCO2)C(=O)Nc2ccccc2)o1. The molecule has 1 atom stereocenters. The molecule has 194 valence electrons. The van der Waals surface area contributed by atoms with Gasteiger partial charge in [0, 0.05) is 25.4 Å². The van der Waals surface area contributed by atoms with Crippen molar-refractivity contribution in [1.29, 1.82) is 0 Å². The maximum Gasteiger partial charge on any atom is 0.322 e. The number of benzene rings is 2. The van der Waals surface area contributed by atoms with Crippen LogP contribution in [-0.2, 0) is 22.6 Å². The van der Waals surface area contributed by atoms with E-state index in [0.29, 0.717) is 42.6 Å². The molecule has 0 spiro atoms. The molecule has 1 unspecified atom stereocenters. The van der Waals surface area contributed by atoms with Crippen molar-refractivity contribution in [2.45, 2.75) is 39.0 Å². The van der Waals surface area contributed by atoms with Crippen LogP contribution in [0.4, 0.5) is 10.5 Å². The largest absolute Gasteiger partial charge is 0.464 e. The van der Waals surface area contributed by atoms with Gasteiger partial charge in [-0.2, -0.15) is 0 Å². The van der Waals surface area contributed by atoms with Crippen molar-refractivity contribution in [2.24, 2.45) is 0 Å². The Labute approximate surface area is 215 Å². The molecule has 9 nitrogen and oxygen atoms in total. The topological polar surface area (TPSA) is 93.5 Å². The normalized spacial score (nSPS) is 16.0. The Hall–Kier alpha value is -3.98. The molecule has 3 amide bonds. The second-order valence-electron chi connectivity index (χ2n) is 9.26. The molecule has 5 rings (SSSR count). The van der Waals surface area contributed by atoms with Crippen molar-refractivity contribution < 1.29 is 28.2 Å². The van der Waals surface area contributed by atoms with Gasteiger partial charge in [0.05, 0.1) is 12.6 Å². The number of fused-ring (bicyclic) bond motifs is 1. The molecule has 3 heterocycles. The molecule has 2 aliphatic rings. The van der Waals surface area contributed by atoms with Crippen molar-refractivity contribution in [3.63, 3.8) is 0 Å². The van der Waals surface area contributed by atoms with Crippen molar-refractivity contribution >= 4 is 17.6 Å². The quantitative estimate of drug-likeness (QED) is 0.458. The van der Waals surface area contributed by atoms with Crippen LogP contribution in [0.1, 0.15) is 29.9 Å². The molecule has 2 aromatic carbocycles. The Kier molecular flexibility index (Phi) is 7.60. The van der Waals surface area contributed by atoms with Gasteiger partial charge in [-0.15, -0.1) is 0 Å². The van der Waals surface area contributed by atoms with Crippen LogP contribution in [0.5, 0.6) is 11.5 Å².